The Balaban J connectivity index is 1.76. The van der Waals surface area contributed by atoms with Crippen LogP contribution in [-0.4, -0.2) is 23.6 Å². The molecule has 2 N–H and O–H groups in total. The highest BCUT2D eigenvalue weighted by atomic mass is 16.5. The molecule has 0 atom stereocenters. The van der Waals surface area contributed by atoms with Crippen molar-refractivity contribution in [3.8, 4) is 5.75 Å². The topological polar surface area (TPSA) is 88.8 Å². The third-order valence-corrected chi connectivity index (χ3v) is 2.51. The van der Waals surface area contributed by atoms with Crippen molar-refractivity contribution in [3.63, 3.8) is 0 Å². The van der Waals surface area contributed by atoms with E-state index in [4.69, 9.17) is 14.3 Å². The average molecular weight is 275 g/mol. The summed E-state index contributed by atoms with van der Waals surface area (Å²) in [6.07, 6.45) is 1.53. The van der Waals surface area contributed by atoms with Gasteiger partial charge in [-0.3, -0.25) is 4.79 Å². The van der Waals surface area contributed by atoms with Crippen molar-refractivity contribution in [2.75, 3.05) is 6.61 Å². The molecule has 104 valence electrons. The van der Waals surface area contributed by atoms with Gasteiger partial charge >= 0.3 is 5.97 Å². The van der Waals surface area contributed by atoms with Crippen LogP contribution < -0.4 is 10.1 Å². The Bertz CT molecular complexity index is 574. The smallest absolute Gasteiger partial charge is 0.335 e. The lowest BCUT2D eigenvalue weighted by atomic mass is 10.2. The summed E-state index contributed by atoms with van der Waals surface area (Å²) in [6.45, 7) is 0.153. The molecular formula is C14H13NO5. The van der Waals surface area contributed by atoms with Crippen LogP contribution in [0.3, 0.4) is 0 Å². The van der Waals surface area contributed by atoms with Gasteiger partial charge in [-0.25, -0.2) is 4.79 Å². The number of rotatable bonds is 6. The van der Waals surface area contributed by atoms with Crippen LogP contribution in [0.5, 0.6) is 5.75 Å². The standard InChI is InChI=1S/C14H13NO5/c16-13(15-8-12-2-1-7-19-12)9-20-11-5-3-10(4-6-11)14(17)18/h1-7H,8-9H2,(H,15,16)(H,17,18). The number of aromatic carboxylic acids is 1. The van der Waals surface area contributed by atoms with Crippen LogP contribution in [0.4, 0.5) is 0 Å². The fraction of sp³-hybridized carbons (Fsp3) is 0.143. The largest absolute Gasteiger partial charge is 0.484 e. The van der Waals surface area contributed by atoms with Crippen LogP contribution in [0.25, 0.3) is 0 Å². The summed E-state index contributed by atoms with van der Waals surface area (Å²) in [7, 11) is 0. The number of hydrogen-bond acceptors (Lipinski definition) is 4. The van der Waals surface area contributed by atoms with Gasteiger partial charge in [0.1, 0.15) is 11.5 Å². The molecule has 0 saturated carbocycles. The fourth-order valence-electron chi connectivity index (χ4n) is 1.49. The zero-order valence-electron chi connectivity index (χ0n) is 10.5. The maximum absolute atomic E-state index is 11.5. The third kappa shape index (κ3) is 3.88. The van der Waals surface area contributed by atoms with E-state index in [1.165, 1.54) is 30.5 Å². The Hall–Kier alpha value is -2.76. The summed E-state index contributed by atoms with van der Waals surface area (Å²) >= 11 is 0. The van der Waals surface area contributed by atoms with Crippen molar-refractivity contribution in [1.82, 2.24) is 5.32 Å². The zero-order valence-corrected chi connectivity index (χ0v) is 10.5. The van der Waals surface area contributed by atoms with Gasteiger partial charge in [0.2, 0.25) is 0 Å². The average Bonchev–Trinajstić information content (AvgIpc) is 2.96. The number of ether oxygens (including phenoxy) is 1. The second-order valence-corrected chi connectivity index (χ2v) is 3.97. The molecule has 1 aromatic heterocycles. The Labute approximate surface area is 115 Å². The summed E-state index contributed by atoms with van der Waals surface area (Å²) in [5.41, 5.74) is 0.166. The molecule has 1 amide bonds. The predicted molar refractivity (Wildman–Crippen MR) is 69.5 cm³/mol. The number of amides is 1. The zero-order chi connectivity index (χ0) is 14.4. The van der Waals surface area contributed by atoms with E-state index in [1.54, 1.807) is 12.1 Å². The Morgan fingerprint density at radius 2 is 1.95 bits per heavy atom. The minimum atomic E-state index is -1.01. The van der Waals surface area contributed by atoms with Crippen LogP contribution in [0, 0.1) is 0 Å². The van der Waals surface area contributed by atoms with Crippen molar-refractivity contribution in [2.24, 2.45) is 0 Å². The van der Waals surface area contributed by atoms with E-state index in [0.717, 1.165) is 0 Å². The monoisotopic (exact) mass is 275 g/mol. The lowest BCUT2D eigenvalue weighted by molar-refractivity contribution is -0.123. The minimum absolute atomic E-state index is 0.146. The van der Waals surface area contributed by atoms with Crippen LogP contribution in [0.15, 0.2) is 47.1 Å². The molecule has 0 aliphatic carbocycles. The van der Waals surface area contributed by atoms with Crippen molar-refractivity contribution < 1.29 is 23.8 Å². The molecule has 1 aromatic carbocycles. The van der Waals surface area contributed by atoms with E-state index in [9.17, 15) is 9.59 Å². The quantitative estimate of drug-likeness (QED) is 0.837. The molecule has 2 aromatic rings. The first-order chi connectivity index (χ1) is 9.65. The number of hydrogen-bond donors (Lipinski definition) is 2. The molecule has 0 radical (unpaired) electrons. The summed E-state index contributed by atoms with van der Waals surface area (Å²) in [6, 6.07) is 9.33. The Kier molecular flexibility index (Phi) is 4.39. The van der Waals surface area contributed by atoms with Crippen molar-refractivity contribution in [2.45, 2.75) is 6.54 Å². The molecule has 20 heavy (non-hydrogen) atoms. The van der Waals surface area contributed by atoms with Gasteiger partial charge in [-0.05, 0) is 36.4 Å². The molecule has 0 bridgehead atoms. The summed E-state index contributed by atoms with van der Waals surface area (Å²) in [5, 5.41) is 11.4. The van der Waals surface area contributed by atoms with Crippen molar-refractivity contribution in [1.29, 1.82) is 0 Å². The molecule has 6 heteroatoms. The molecule has 0 aliphatic rings. The highest BCUT2D eigenvalue weighted by Gasteiger charge is 2.05. The molecular weight excluding hydrogens is 262 g/mol. The van der Waals surface area contributed by atoms with Gasteiger partial charge in [0.05, 0.1) is 18.4 Å². The van der Waals surface area contributed by atoms with Gasteiger partial charge in [-0.1, -0.05) is 0 Å². The molecule has 0 saturated heterocycles. The fourth-order valence-corrected chi connectivity index (χ4v) is 1.49. The molecule has 0 unspecified atom stereocenters. The normalized spacial score (nSPS) is 10.0. The Morgan fingerprint density at radius 3 is 2.55 bits per heavy atom. The molecule has 0 aliphatic heterocycles. The Morgan fingerprint density at radius 1 is 1.20 bits per heavy atom. The van der Waals surface area contributed by atoms with Gasteiger partial charge in [0, 0.05) is 0 Å². The first kappa shape index (κ1) is 13.7. The predicted octanol–water partition coefficient (Wildman–Crippen LogP) is 1.67. The van der Waals surface area contributed by atoms with E-state index in [1.807, 2.05) is 0 Å². The van der Waals surface area contributed by atoms with Crippen LogP contribution in [0.1, 0.15) is 16.1 Å². The summed E-state index contributed by atoms with van der Waals surface area (Å²) in [4.78, 5) is 22.2. The highest BCUT2D eigenvalue weighted by Crippen LogP contribution is 2.11. The molecule has 0 spiro atoms. The lowest BCUT2D eigenvalue weighted by Gasteiger charge is -2.06. The number of carbonyl (C=O) groups is 2. The van der Waals surface area contributed by atoms with E-state index < -0.39 is 5.97 Å². The van der Waals surface area contributed by atoms with Gasteiger partial charge in [0.25, 0.3) is 5.91 Å². The third-order valence-electron chi connectivity index (χ3n) is 2.51. The summed E-state index contributed by atoms with van der Waals surface area (Å²) < 4.78 is 10.3. The first-order valence-electron chi connectivity index (χ1n) is 5.90. The SMILES string of the molecule is O=C(COc1ccc(C(=O)O)cc1)NCc1ccco1. The molecule has 1 heterocycles. The first-order valence-corrected chi connectivity index (χ1v) is 5.90. The number of benzene rings is 1. The molecule has 0 fully saturated rings. The second kappa shape index (κ2) is 6.42. The molecule has 6 nitrogen and oxygen atoms in total. The van der Waals surface area contributed by atoms with Crippen molar-refractivity contribution >= 4 is 11.9 Å². The summed E-state index contributed by atoms with van der Waals surface area (Å²) in [5.74, 6) is -0.205. The number of carboxylic acids is 1. The van der Waals surface area contributed by atoms with E-state index in [0.29, 0.717) is 18.1 Å². The van der Waals surface area contributed by atoms with Gasteiger partial charge in [-0.15, -0.1) is 0 Å². The highest BCUT2D eigenvalue weighted by molar-refractivity contribution is 5.87. The van der Waals surface area contributed by atoms with Crippen LogP contribution in [0.2, 0.25) is 0 Å². The number of carbonyl (C=O) groups excluding carboxylic acids is 1. The van der Waals surface area contributed by atoms with Gasteiger partial charge in [0.15, 0.2) is 6.61 Å². The number of furan rings is 1. The van der Waals surface area contributed by atoms with Gasteiger partial charge < -0.3 is 19.6 Å². The maximum atomic E-state index is 11.5. The van der Waals surface area contributed by atoms with E-state index in [-0.39, 0.29) is 18.1 Å². The number of nitrogens with one attached hydrogen (secondary N) is 1. The molecule has 2 rings (SSSR count). The second-order valence-electron chi connectivity index (χ2n) is 3.97. The maximum Gasteiger partial charge on any atom is 0.335 e. The van der Waals surface area contributed by atoms with Crippen LogP contribution >= 0.6 is 0 Å². The van der Waals surface area contributed by atoms with Crippen molar-refractivity contribution in [3.05, 3.63) is 54.0 Å². The number of carboxylic acid groups (broad SMARTS) is 1. The van der Waals surface area contributed by atoms with E-state index >= 15 is 0 Å². The van der Waals surface area contributed by atoms with Crippen LogP contribution in [-0.2, 0) is 11.3 Å². The van der Waals surface area contributed by atoms with E-state index in [2.05, 4.69) is 5.32 Å². The lowest BCUT2D eigenvalue weighted by Crippen LogP contribution is -2.28. The van der Waals surface area contributed by atoms with Gasteiger partial charge in [-0.2, -0.15) is 0 Å². The minimum Gasteiger partial charge on any atom is -0.484 e.